The molecule has 0 aromatic heterocycles. The highest BCUT2D eigenvalue weighted by atomic mass is 32.2. The molecule has 7 heteroatoms. The maximum absolute atomic E-state index is 11.9. The average molecular weight is 403 g/mol. The summed E-state index contributed by atoms with van der Waals surface area (Å²) in [5.74, 6) is 0.582. The van der Waals surface area contributed by atoms with Crippen molar-refractivity contribution < 1.29 is 27.2 Å². The number of unbranched alkanes of at least 4 members (excludes halogenated alkanes) is 5. The summed E-state index contributed by atoms with van der Waals surface area (Å²) >= 11 is 0. The van der Waals surface area contributed by atoms with Gasteiger partial charge in [0.15, 0.2) is 6.61 Å². The number of benzene rings is 1. The van der Waals surface area contributed by atoms with Gasteiger partial charge in [0.25, 0.3) is 0 Å². The predicted molar refractivity (Wildman–Crippen MR) is 107 cm³/mol. The van der Waals surface area contributed by atoms with E-state index in [1.54, 1.807) is 19.9 Å². The molecule has 0 radical (unpaired) electrons. The summed E-state index contributed by atoms with van der Waals surface area (Å²) in [6.45, 7) is 5.13. The van der Waals surface area contributed by atoms with Gasteiger partial charge in [-0.1, -0.05) is 57.2 Å². The normalized spacial score (nSPS) is 12.3. The Hall–Kier alpha value is -1.15. The number of ether oxygens (including phenoxy) is 3. The Morgan fingerprint density at radius 2 is 1.52 bits per heavy atom. The van der Waals surface area contributed by atoms with E-state index >= 15 is 0 Å². The zero-order chi connectivity index (χ0) is 20.2. The zero-order valence-corrected chi connectivity index (χ0v) is 17.6. The smallest absolute Gasteiger partial charge is 0.335 e. The van der Waals surface area contributed by atoms with E-state index in [1.165, 1.54) is 25.7 Å². The lowest BCUT2D eigenvalue weighted by atomic mass is 10.0. The first-order chi connectivity index (χ1) is 12.9. The van der Waals surface area contributed by atoms with Crippen molar-refractivity contribution in [2.24, 2.45) is 0 Å². The van der Waals surface area contributed by atoms with Gasteiger partial charge in [-0.25, -0.2) is 0 Å². The van der Waals surface area contributed by atoms with Crippen molar-refractivity contribution in [1.82, 2.24) is 0 Å². The Kier molecular flexibility index (Phi) is 10.9. The summed E-state index contributed by atoms with van der Waals surface area (Å²) in [6.07, 6.45) is 8.03. The molecule has 0 atom stereocenters. The van der Waals surface area contributed by atoms with Crippen LogP contribution >= 0.6 is 0 Å². The molecule has 0 amide bonds. The molecule has 0 heterocycles. The van der Waals surface area contributed by atoms with Crippen molar-refractivity contribution in [3.05, 3.63) is 29.8 Å². The predicted octanol–water partition coefficient (Wildman–Crippen LogP) is 4.58. The first kappa shape index (κ1) is 23.9. The van der Waals surface area contributed by atoms with Crippen LogP contribution in [0.3, 0.4) is 0 Å². The Balaban J connectivity index is 2.76. The third-order valence-electron chi connectivity index (χ3n) is 4.30. The maximum Gasteiger partial charge on any atom is 0.335 e. The van der Waals surface area contributed by atoms with Crippen molar-refractivity contribution in [3.8, 4) is 5.75 Å². The van der Waals surface area contributed by atoms with Crippen molar-refractivity contribution in [2.75, 3.05) is 19.8 Å². The first-order valence-corrected chi connectivity index (χ1v) is 11.3. The maximum atomic E-state index is 11.9. The van der Waals surface area contributed by atoms with Gasteiger partial charge in [0.05, 0.1) is 0 Å². The topological polar surface area (TPSA) is 82.1 Å². The van der Waals surface area contributed by atoms with E-state index in [-0.39, 0.29) is 13.2 Å². The van der Waals surface area contributed by atoms with E-state index in [0.29, 0.717) is 5.75 Å². The molecule has 1 aromatic carbocycles. The highest BCUT2D eigenvalue weighted by Crippen LogP contribution is 2.26. The second-order valence-corrected chi connectivity index (χ2v) is 8.01. The molecule has 0 saturated carbocycles. The number of rotatable bonds is 15. The first-order valence-electron chi connectivity index (χ1n) is 9.85. The van der Waals surface area contributed by atoms with E-state index in [2.05, 4.69) is 6.92 Å². The molecular weight excluding hydrogens is 368 g/mol. The van der Waals surface area contributed by atoms with Crippen LogP contribution in [0.4, 0.5) is 0 Å². The van der Waals surface area contributed by atoms with Gasteiger partial charge in [0, 0.05) is 13.2 Å². The van der Waals surface area contributed by atoms with Crippen molar-refractivity contribution in [1.29, 1.82) is 0 Å². The van der Waals surface area contributed by atoms with Gasteiger partial charge in [0.1, 0.15) is 5.75 Å². The van der Waals surface area contributed by atoms with Crippen LogP contribution in [0.5, 0.6) is 5.75 Å². The summed E-state index contributed by atoms with van der Waals surface area (Å²) in [5.41, 5.74) is 1.00. The highest BCUT2D eigenvalue weighted by molar-refractivity contribution is 7.86. The summed E-state index contributed by atoms with van der Waals surface area (Å²) in [4.78, 5) is 0. The van der Waals surface area contributed by atoms with Gasteiger partial charge in [-0.05, 0) is 38.3 Å². The van der Waals surface area contributed by atoms with E-state index in [4.69, 9.17) is 14.2 Å². The number of hydrogen-bond acceptors (Lipinski definition) is 5. The second kappa shape index (κ2) is 12.3. The molecule has 156 valence electrons. The van der Waals surface area contributed by atoms with Gasteiger partial charge in [-0.2, -0.15) is 8.42 Å². The molecule has 1 N–H and O–H groups in total. The summed E-state index contributed by atoms with van der Waals surface area (Å²) in [6, 6.07) is 7.52. The molecule has 0 unspecified atom stereocenters. The SMILES string of the molecule is CCCCCCCCc1ccccc1OCC(OCC)(OCC)S(=O)(=O)O. The van der Waals surface area contributed by atoms with Gasteiger partial charge < -0.3 is 14.2 Å². The lowest BCUT2D eigenvalue weighted by Gasteiger charge is -2.29. The fourth-order valence-electron chi connectivity index (χ4n) is 2.90. The fourth-order valence-corrected chi connectivity index (χ4v) is 3.64. The Labute approximate surface area is 164 Å². The quantitative estimate of drug-likeness (QED) is 0.263. The molecule has 0 saturated heterocycles. The lowest BCUT2D eigenvalue weighted by Crippen LogP contribution is -2.49. The molecule has 0 bridgehead atoms. The lowest BCUT2D eigenvalue weighted by molar-refractivity contribution is -0.191. The molecular formula is C20H34O6S. The zero-order valence-electron chi connectivity index (χ0n) is 16.8. The number of para-hydroxylation sites is 1. The standard InChI is InChI=1S/C20H34O6S/c1-4-7-8-9-10-11-14-18-15-12-13-16-19(18)24-17-20(25-5-2,26-6-3)27(21,22)23/h12-13,15-16H,4-11,14,17H2,1-3H3,(H,21,22,23). The molecule has 0 spiro atoms. The molecule has 1 rings (SSSR count). The van der Waals surface area contributed by atoms with Gasteiger partial charge >= 0.3 is 15.2 Å². The Morgan fingerprint density at radius 1 is 0.926 bits per heavy atom. The van der Waals surface area contributed by atoms with E-state index in [1.807, 2.05) is 18.2 Å². The molecule has 0 aliphatic heterocycles. The van der Waals surface area contributed by atoms with Gasteiger partial charge in [0.2, 0.25) is 0 Å². The molecule has 1 aromatic rings. The second-order valence-electron chi connectivity index (χ2n) is 6.44. The third-order valence-corrected chi connectivity index (χ3v) is 5.44. The molecule has 6 nitrogen and oxygen atoms in total. The molecule has 27 heavy (non-hydrogen) atoms. The van der Waals surface area contributed by atoms with Crippen molar-refractivity contribution in [2.45, 2.75) is 70.8 Å². The van der Waals surface area contributed by atoms with Gasteiger partial charge in [-0.15, -0.1) is 0 Å². The van der Waals surface area contributed by atoms with Crippen LogP contribution in [-0.2, 0) is 26.0 Å². The molecule has 0 aliphatic rings. The average Bonchev–Trinajstić information content (AvgIpc) is 2.63. The Bertz CT molecular complexity index is 623. The Morgan fingerprint density at radius 3 is 2.11 bits per heavy atom. The minimum atomic E-state index is -4.63. The molecule has 0 fully saturated rings. The van der Waals surface area contributed by atoms with Crippen molar-refractivity contribution >= 4 is 10.1 Å². The van der Waals surface area contributed by atoms with Crippen LogP contribution < -0.4 is 4.74 Å². The largest absolute Gasteiger partial charge is 0.486 e. The minimum Gasteiger partial charge on any atom is -0.486 e. The summed E-state index contributed by atoms with van der Waals surface area (Å²) in [5, 5.41) is -2.22. The summed E-state index contributed by atoms with van der Waals surface area (Å²) in [7, 11) is -4.63. The highest BCUT2D eigenvalue weighted by Gasteiger charge is 2.47. The summed E-state index contributed by atoms with van der Waals surface area (Å²) < 4.78 is 49.6. The van der Waals surface area contributed by atoms with E-state index in [0.717, 1.165) is 24.8 Å². The third kappa shape index (κ3) is 7.78. The van der Waals surface area contributed by atoms with Crippen LogP contribution in [-0.4, -0.2) is 37.9 Å². The van der Waals surface area contributed by atoms with Crippen LogP contribution in [0.1, 0.15) is 64.9 Å². The van der Waals surface area contributed by atoms with Crippen LogP contribution in [0.25, 0.3) is 0 Å². The van der Waals surface area contributed by atoms with E-state index in [9.17, 15) is 13.0 Å². The minimum absolute atomic E-state index is 0.0581. The van der Waals surface area contributed by atoms with Crippen LogP contribution in [0.15, 0.2) is 24.3 Å². The number of hydrogen-bond donors (Lipinski definition) is 1. The number of aryl methyl sites for hydroxylation is 1. The van der Waals surface area contributed by atoms with Crippen LogP contribution in [0.2, 0.25) is 0 Å². The van der Waals surface area contributed by atoms with Crippen LogP contribution in [0, 0.1) is 0 Å². The molecule has 0 aliphatic carbocycles. The van der Waals surface area contributed by atoms with Crippen molar-refractivity contribution in [3.63, 3.8) is 0 Å². The fraction of sp³-hybridized carbons (Fsp3) is 0.700. The van der Waals surface area contributed by atoms with E-state index < -0.39 is 21.8 Å². The monoisotopic (exact) mass is 402 g/mol. The van der Waals surface area contributed by atoms with Gasteiger partial charge in [-0.3, -0.25) is 4.55 Å².